The molecule has 33 heavy (non-hydrogen) atoms. The molecule has 0 saturated carbocycles. The molecule has 8 heteroatoms. The molecule has 3 heterocycles. The molecule has 0 spiro atoms. The molecule has 0 saturated heterocycles. The summed E-state index contributed by atoms with van der Waals surface area (Å²) >= 11 is 1.26. The summed E-state index contributed by atoms with van der Waals surface area (Å²) in [6.45, 7) is 6.41. The van der Waals surface area contributed by atoms with Crippen molar-refractivity contribution < 1.29 is 19.4 Å². The summed E-state index contributed by atoms with van der Waals surface area (Å²) in [4.78, 5) is 37.1. The zero-order valence-electron chi connectivity index (χ0n) is 18.7. The van der Waals surface area contributed by atoms with Gasteiger partial charge in [0, 0.05) is 18.9 Å². The first-order chi connectivity index (χ1) is 15.9. The predicted octanol–water partition coefficient (Wildman–Crippen LogP) is 4.72. The Hall–Kier alpha value is -3.52. The molecular formula is C25H25N3O4S. The van der Waals surface area contributed by atoms with E-state index in [9.17, 15) is 14.7 Å². The quantitative estimate of drug-likeness (QED) is 0.486. The van der Waals surface area contributed by atoms with Gasteiger partial charge in [0.1, 0.15) is 5.75 Å². The van der Waals surface area contributed by atoms with E-state index in [4.69, 9.17) is 4.74 Å². The highest BCUT2D eigenvalue weighted by atomic mass is 32.1. The van der Waals surface area contributed by atoms with Crippen LogP contribution in [0.4, 0.5) is 0 Å². The average molecular weight is 464 g/mol. The van der Waals surface area contributed by atoms with E-state index in [1.54, 1.807) is 25.4 Å². The second kappa shape index (κ2) is 9.54. The molecule has 0 aliphatic carbocycles. The molecule has 1 atom stereocenters. The lowest BCUT2D eigenvalue weighted by atomic mass is 9.95. The first-order valence-corrected chi connectivity index (χ1v) is 11.6. The number of aliphatic hydroxyl groups excluding tert-OH is 1. The fourth-order valence-electron chi connectivity index (χ4n) is 3.91. The fourth-order valence-corrected chi connectivity index (χ4v) is 4.79. The van der Waals surface area contributed by atoms with Gasteiger partial charge in [0.05, 0.1) is 33.8 Å². The minimum Gasteiger partial charge on any atom is -0.503 e. The molecule has 4 rings (SSSR count). The maximum atomic E-state index is 13.6. The molecule has 0 bridgehead atoms. The number of aliphatic hydroxyl groups is 1. The van der Waals surface area contributed by atoms with Gasteiger partial charge in [-0.1, -0.05) is 25.1 Å². The normalized spacial score (nSPS) is 15.9. The molecule has 170 valence electrons. The van der Waals surface area contributed by atoms with Gasteiger partial charge >= 0.3 is 0 Å². The summed E-state index contributed by atoms with van der Waals surface area (Å²) in [6, 6.07) is 10.2. The number of Topliss-reactive ketones (excluding diaryl/α,β-unsaturated/α-hetero) is 1. The lowest BCUT2D eigenvalue weighted by Crippen LogP contribution is -2.30. The predicted molar refractivity (Wildman–Crippen MR) is 125 cm³/mol. The Bertz CT molecular complexity index is 1200. The van der Waals surface area contributed by atoms with Crippen LogP contribution in [-0.4, -0.2) is 38.3 Å². The third-order valence-electron chi connectivity index (χ3n) is 5.40. The minimum absolute atomic E-state index is 0.0675. The van der Waals surface area contributed by atoms with Crippen molar-refractivity contribution in [3.63, 3.8) is 0 Å². The van der Waals surface area contributed by atoms with Crippen molar-refractivity contribution in [2.45, 2.75) is 39.8 Å². The number of nitrogens with zero attached hydrogens (tertiary/aromatic N) is 3. The second-order valence-electron chi connectivity index (χ2n) is 7.85. The van der Waals surface area contributed by atoms with E-state index in [1.165, 1.54) is 16.2 Å². The lowest BCUT2D eigenvalue weighted by Gasteiger charge is -2.27. The molecule has 2 aromatic heterocycles. The van der Waals surface area contributed by atoms with Crippen molar-refractivity contribution in [1.29, 1.82) is 0 Å². The highest BCUT2D eigenvalue weighted by molar-refractivity contribution is 7.14. The Kier molecular flexibility index (Phi) is 6.55. The number of ketones is 1. The summed E-state index contributed by atoms with van der Waals surface area (Å²) in [5, 5.41) is 11.6. The number of thiazole rings is 1. The van der Waals surface area contributed by atoms with Gasteiger partial charge in [-0.2, -0.15) is 0 Å². The third kappa shape index (κ3) is 4.52. The molecule has 7 nitrogen and oxygen atoms in total. The van der Waals surface area contributed by atoms with Crippen LogP contribution in [0.3, 0.4) is 0 Å². The second-order valence-corrected chi connectivity index (χ2v) is 9.06. The fraction of sp³-hybridized carbons (Fsp3) is 0.280. The third-order valence-corrected chi connectivity index (χ3v) is 6.47. The van der Waals surface area contributed by atoms with E-state index in [-0.39, 0.29) is 17.9 Å². The van der Waals surface area contributed by atoms with Crippen molar-refractivity contribution >= 4 is 23.0 Å². The Morgan fingerprint density at radius 1 is 1.21 bits per heavy atom. The number of carbonyl (C=O) groups excluding carboxylic acids is 2. The zero-order valence-corrected chi connectivity index (χ0v) is 19.6. The van der Waals surface area contributed by atoms with E-state index >= 15 is 0 Å². The molecule has 1 aromatic carbocycles. The monoisotopic (exact) mass is 463 g/mol. The average Bonchev–Trinajstić information content (AvgIpc) is 3.28. The van der Waals surface area contributed by atoms with Crippen LogP contribution in [0.15, 0.2) is 60.1 Å². The number of carbonyl (C=O) groups is 2. The smallest absolute Gasteiger partial charge is 0.290 e. The molecule has 1 unspecified atom stereocenters. The van der Waals surface area contributed by atoms with Crippen molar-refractivity contribution in [3.8, 4) is 5.75 Å². The zero-order chi connectivity index (χ0) is 23.5. The summed E-state index contributed by atoms with van der Waals surface area (Å²) < 4.78 is 5.68. The first kappa shape index (κ1) is 22.7. The lowest BCUT2D eigenvalue weighted by molar-refractivity contribution is -0.130. The van der Waals surface area contributed by atoms with Crippen LogP contribution < -0.4 is 4.74 Å². The van der Waals surface area contributed by atoms with E-state index in [0.717, 1.165) is 17.0 Å². The standard InChI is InChI=1S/C25H25N3O4S/c1-4-12-32-19-9-7-18(8-10-19)21-20(22(29)24-15(2)27-16(3)33-24)23(30)25(31)28(21)14-17-6-5-11-26-13-17/h5-11,13,21,30H,4,12,14H2,1-3H3. The van der Waals surface area contributed by atoms with Gasteiger partial charge in [0.15, 0.2) is 5.76 Å². The molecule has 0 radical (unpaired) electrons. The highest BCUT2D eigenvalue weighted by Crippen LogP contribution is 2.41. The summed E-state index contributed by atoms with van der Waals surface area (Å²) in [7, 11) is 0. The van der Waals surface area contributed by atoms with E-state index in [2.05, 4.69) is 9.97 Å². The van der Waals surface area contributed by atoms with E-state index in [1.807, 2.05) is 44.2 Å². The molecule has 3 aromatic rings. The van der Waals surface area contributed by atoms with E-state index < -0.39 is 17.7 Å². The number of pyridine rings is 1. The Labute approximate surface area is 196 Å². The van der Waals surface area contributed by atoms with Crippen LogP contribution in [-0.2, 0) is 11.3 Å². The SMILES string of the molecule is CCCOc1ccc(C2C(C(=O)c3sc(C)nc3C)=C(O)C(=O)N2Cc2cccnc2)cc1. The molecule has 0 fully saturated rings. The topological polar surface area (TPSA) is 92.6 Å². The van der Waals surface area contributed by atoms with E-state index in [0.29, 0.717) is 28.5 Å². The van der Waals surface area contributed by atoms with Crippen molar-refractivity contribution in [3.05, 3.63) is 86.8 Å². The van der Waals surface area contributed by atoms with Gasteiger partial charge in [-0.15, -0.1) is 11.3 Å². The van der Waals surface area contributed by atoms with Gasteiger partial charge in [-0.3, -0.25) is 14.6 Å². The van der Waals surface area contributed by atoms with Gasteiger partial charge < -0.3 is 14.7 Å². The first-order valence-electron chi connectivity index (χ1n) is 10.7. The van der Waals surface area contributed by atoms with Gasteiger partial charge in [-0.25, -0.2) is 4.98 Å². The van der Waals surface area contributed by atoms with Gasteiger partial charge in [0.2, 0.25) is 5.78 Å². The molecule has 1 amide bonds. The number of hydrogen-bond donors (Lipinski definition) is 1. The number of aromatic nitrogens is 2. The van der Waals surface area contributed by atoms with Crippen molar-refractivity contribution in [2.75, 3.05) is 6.61 Å². The number of benzene rings is 1. The Morgan fingerprint density at radius 2 is 1.97 bits per heavy atom. The maximum absolute atomic E-state index is 13.6. The number of rotatable bonds is 8. The number of amides is 1. The largest absolute Gasteiger partial charge is 0.503 e. The molecule has 1 aliphatic rings. The Balaban J connectivity index is 1.76. The van der Waals surface area contributed by atoms with Crippen LogP contribution in [0.2, 0.25) is 0 Å². The van der Waals surface area contributed by atoms with Crippen LogP contribution in [0.1, 0.15) is 50.9 Å². The number of ether oxygens (including phenoxy) is 1. The van der Waals surface area contributed by atoms with Crippen molar-refractivity contribution in [2.24, 2.45) is 0 Å². The van der Waals surface area contributed by atoms with Crippen molar-refractivity contribution in [1.82, 2.24) is 14.9 Å². The summed E-state index contributed by atoms with van der Waals surface area (Å²) in [5.41, 5.74) is 2.16. The molecular weight excluding hydrogens is 438 g/mol. The van der Waals surface area contributed by atoms with Crippen LogP contribution in [0, 0.1) is 13.8 Å². The number of aryl methyl sites for hydroxylation is 2. The summed E-state index contributed by atoms with van der Waals surface area (Å²) in [6.07, 6.45) is 4.21. The van der Waals surface area contributed by atoms with Crippen LogP contribution in [0.25, 0.3) is 0 Å². The van der Waals surface area contributed by atoms with Gasteiger partial charge in [-0.05, 0) is 49.6 Å². The minimum atomic E-state index is -0.743. The number of hydrogen-bond acceptors (Lipinski definition) is 7. The van der Waals surface area contributed by atoms with Crippen LogP contribution >= 0.6 is 11.3 Å². The van der Waals surface area contributed by atoms with Crippen LogP contribution in [0.5, 0.6) is 5.75 Å². The maximum Gasteiger partial charge on any atom is 0.290 e. The highest BCUT2D eigenvalue weighted by Gasteiger charge is 2.44. The molecule has 1 aliphatic heterocycles. The van der Waals surface area contributed by atoms with Gasteiger partial charge in [0.25, 0.3) is 5.91 Å². The summed E-state index contributed by atoms with van der Waals surface area (Å²) in [5.74, 6) is -0.782. The molecule has 1 N–H and O–H groups in total. The Morgan fingerprint density at radius 3 is 2.58 bits per heavy atom.